The summed E-state index contributed by atoms with van der Waals surface area (Å²) >= 11 is 0. The van der Waals surface area contributed by atoms with Gasteiger partial charge in [0.1, 0.15) is 25.9 Å². The Morgan fingerprint density at radius 3 is 1.50 bits per heavy atom. The van der Waals surface area contributed by atoms with Crippen LogP contribution in [0.1, 0.15) is 5.56 Å². The van der Waals surface area contributed by atoms with E-state index in [-0.39, 0.29) is 26.4 Å². The van der Waals surface area contributed by atoms with Gasteiger partial charge in [-0.05, 0) is 12.0 Å². The van der Waals surface area contributed by atoms with E-state index in [1.54, 1.807) is 0 Å². The molecule has 0 aliphatic carbocycles. The van der Waals surface area contributed by atoms with Crippen LogP contribution in [0.5, 0.6) is 0 Å². The minimum atomic E-state index is -1.17. The third-order valence-electron chi connectivity index (χ3n) is 4.19. The molecule has 1 atom stereocenters. The van der Waals surface area contributed by atoms with Gasteiger partial charge in [-0.1, -0.05) is 30.3 Å². The number of carboxylic acid groups (broad SMARTS) is 1. The van der Waals surface area contributed by atoms with E-state index in [1.165, 1.54) is 21.3 Å². The Bertz CT molecular complexity index is 1140. The van der Waals surface area contributed by atoms with Crippen LogP contribution >= 0.6 is 0 Å². The topological polar surface area (TPSA) is 241 Å². The molecule has 0 aliphatic heterocycles. The number of aliphatic carboxylic acids is 1. The van der Waals surface area contributed by atoms with Crippen molar-refractivity contribution in [2.75, 3.05) is 47.8 Å². The van der Waals surface area contributed by atoms with Gasteiger partial charge < -0.3 is 44.4 Å². The molecule has 0 aliphatic rings. The number of aliphatic hydroxyl groups excluding tert-OH is 1. The number of ether oxygens (including phenoxy) is 6. The summed E-state index contributed by atoms with van der Waals surface area (Å²) in [6, 6.07) is 8.53. The molecule has 16 heteroatoms. The maximum Gasteiger partial charge on any atom is 0.331 e. The number of aliphatic hydroxyl groups is 1. The van der Waals surface area contributed by atoms with E-state index in [0.717, 1.165) is 35.9 Å². The minimum Gasteiger partial charge on any atom is -0.478 e. The van der Waals surface area contributed by atoms with E-state index < -0.39 is 47.8 Å². The first-order valence-electron chi connectivity index (χ1n) is 12.3. The van der Waals surface area contributed by atoms with E-state index in [4.69, 9.17) is 25.4 Å². The molecule has 1 unspecified atom stereocenters. The molecule has 0 fully saturated rings. The maximum absolute atomic E-state index is 11.7. The molecule has 0 spiro atoms. The summed E-state index contributed by atoms with van der Waals surface area (Å²) in [5.74, 6) is -5.13. The molecule has 0 radical (unpaired) electrons. The number of hydrogen-bond acceptors (Lipinski definition) is 15. The average Bonchev–Trinajstić information content (AvgIpc) is 3.02. The molecule has 44 heavy (non-hydrogen) atoms. The van der Waals surface area contributed by atoms with E-state index in [2.05, 4.69) is 18.9 Å². The second-order valence-electron chi connectivity index (χ2n) is 7.43. The van der Waals surface area contributed by atoms with Crippen LogP contribution in [-0.2, 0) is 68.4 Å². The predicted molar refractivity (Wildman–Crippen MR) is 149 cm³/mol. The van der Waals surface area contributed by atoms with Crippen molar-refractivity contribution in [1.29, 1.82) is 0 Å². The van der Waals surface area contributed by atoms with E-state index in [0.29, 0.717) is 12.5 Å². The van der Waals surface area contributed by atoms with Gasteiger partial charge in [-0.15, -0.1) is 0 Å². The molecule has 1 aromatic rings. The van der Waals surface area contributed by atoms with Gasteiger partial charge in [-0.3, -0.25) is 4.79 Å². The lowest BCUT2D eigenvalue weighted by atomic mass is 10.1. The van der Waals surface area contributed by atoms with Crippen LogP contribution in [0.15, 0.2) is 66.8 Å². The Kier molecular flexibility index (Phi) is 24.6. The summed E-state index contributed by atoms with van der Waals surface area (Å²) in [4.78, 5) is 74.5. The first-order chi connectivity index (χ1) is 20.9. The number of rotatable bonds is 14. The zero-order valence-corrected chi connectivity index (χ0v) is 24.2. The fourth-order valence-electron chi connectivity index (χ4n) is 2.20. The second kappa shape index (κ2) is 26.5. The first kappa shape index (κ1) is 40.8. The molecule has 0 saturated carbocycles. The van der Waals surface area contributed by atoms with Crippen LogP contribution in [0, 0.1) is 0 Å². The maximum atomic E-state index is 11.7. The largest absolute Gasteiger partial charge is 0.478 e. The smallest absolute Gasteiger partial charge is 0.331 e. The Labute approximate surface area is 252 Å². The van der Waals surface area contributed by atoms with E-state index in [9.17, 15) is 33.6 Å². The molecule has 0 saturated heterocycles. The molecule has 0 heterocycles. The highest BCUT2D eigenvalue weighted by Gasteiger charge is 2.15. The lowest BCUT2D eigenvalue weighted by Crippen LogP contribution is -2.35. The van der Waals surface area contributed by atoms with Gasteiger partial charge in [0.15, 0.2) is 0 Å². The van der Waals surface area contributed by atoms with Crippen molar-refractivity contribution in [1.82, 2.24) is 0 Å². The highest BCUT2D eigenvalue weighted by atomic mass is 16.6. The number of methoxy groups -OCH3 is 3. The van der Waals surface area contributed by atoms with Gasteiger partial charge in [0.25, 0.3) is 0 Å². The number of carbonyl (C=O) groups excluding carboxylic acids is 6. The van der Waals surface area contributed by atoms with Crippen LogP contribution in [0.3, 0.4) is 0 Å². The van der Waals surface area contributed by atoms with Gasteiger partial charge in [-0.2, -0.15) is 0 Å². The Hall–Kier alpha value is -5.35. The predicted octanol–water partition coefficient (Wildman–Crippen LogP) is -0.577. The number of benzene rings is 1. The van der Waals surface area contributed by atoms with Crippen molar-refractivity contribution in [3.05, 3.63) is 72.4 Å². The third kappa shape index (κ3) is 25.6. The van der Waals surface area contributed by atoms with Gasteiger partial charge in [0.2, 0.25) is 0 Å². The quantitative estimate of drug-likeness (QED) is 0.101. The van der Waals surface area contributed by atoms with E-state index in [1.807, 2.05) is 30.3 Å². The van der Waals surface area contributed by atoms with Gasteiger partial charge >= 0.3 is 41.8 Å². The Morgan fingerprint density at radius 2 is 1.07 bits per heavy atom. The second-order valence-corrected chi connectivity index (χ2v) is 7.43. The molecule has 1 rings (SSSR count). The lowest BCUT2D eigenvalue weighted by Gasteiger charge is -2.11. The zero-order chi connectivity index (χ0) is 33.8. The summed E-state index contributed by atoms with van der Waals surface area (Å²) in [5, 5.41) is 16.2. The highest BCUT2D eigenvalue weighted by molar-refractivity contribution is 5.92. The van der Waals surface area contributed by atoms with Crippen molar-refractivity contribution in [2.45, 2.75) is 12.5 Å². The van der Waals surface area contributed by atoms with Crippen LogP contribution in [0.2, 0.25) is 0 Å². The lowest BCUT2D eigenvalue weighted by molar-refractivity contribution is -0.150. The molecule has 0 aromatic heterocycles. The Balaban J connectivity index is 0. The number of carbonyl (C=O) groups is 7. The van der Waals surface area contributed by atoms with Gasteiger partial charge in [0.05, 0.1) is 27.9 Å². The van der Waals surface area contributed by atoms with Gasteiger partial charge in [-0.25, -0.2) is 28.8 Å². The number of hydrogen-bond donors (Lipinski definition) is 3. The van der Waals surface area contributed by atoms with Crippen LogP contribution in [0.4, 0.5) is 0 Å². The molecule has 0 bridgehead atoms. The Morgan fingerprint density at radius 1 is 0.659 bits per heavy atom. The highest BCUT2D eigenvalue weighted by Crippen LogP contribution is 2.03. The molecule has 1 aromatic carbocycles. The summed E-state index contributed by atoms with van der Waals surface area (Å²) in [5.41, 5.74) is 6.67. The number of nitrogens with two attached hydrogens (primary N) is 1. The summed E-state index contributed by atoms with van der Waals surface area (Å²) in [7, 11) is 3.57. The zero-order valence-electron chi connectivity index (χ0n) is 24.2. The van der Waals surface area contributed by atoms with Crippen molar-refractivity contribution in [3.8, 4) is 0 Å². The molecular weight excluding hydrogens is 590 g/mol. The summed E-state index contributed by atoms with van der Waals surface area (Å²) in [6.07, 6.45) is 5.65. The van der Waals surface area contributed by atoms with Crippen LogP contribution in [0.25, 0.3) is 0 Å². The molecule has 4 N–H and O–H groups in total. The molecule has 242 valence electrons. The van der Waals surface area contributed by atoms with E-state index >= 15 is 0 Å². The number of esters is 6. The summed E-state index contributed by atoms with van der Waals surface area (Å²) < 4.78 is 26.7. The normalized spacial score (nSPS) is 10.8. The standard InChI is InChI=1S/C16H19NO6.C7H10O5.C5H6O4/c1-21-14(18)7-8-15(19)22-9-10-23-16(20)13(17)11-12-5-3-2-4-6-12;1-11-6(9)2-3-7(10)12-5-4-8;1-9-5(8)3-2-4(6)7/h2-8,13H,9-11,17H2,1H3;2-3,8H,4-5H2,1H3;2-3H,1H3,(H,6,7)/b8-7+;2*3-2+. The first-order valence-corrected chi connectivity index (χ1v) is 12.3. The van der Waals surface area contributed by atoms with Crippen molar-refractivity contribution in [3.63, 3.8) is 0 Å². The fourth-order valence-corrected chi connectivity index (χ4v) is 2.20. The van der Waals surface area contributed by atoms with Crippen molar-refractivity contribution < 1.29 is 72.2 Å². The minimum absolute atomic E-state index is 0.0790. The van der Waals surface area contributed by atoms with Gasteiger partial charge in [0, 0.05) is 36.5 Å². The third-order valence-corrected chi connectivity index (χ3v) is 4.19. The monoisotopic (exact) mass is 625 g/mol. The number of carboxylic acids is 1. The SMILES string of the molecule is COC(=O)/C=C/C(=O)O.COC(=O)/C=C/C(=O)OCCO.COC(=O)/C=C/C(=O)OCCOC(=O)C(N)Cc1ccccc1. The van der Waals surface area contributed by atoms with Crippen molar-refractivity contribution in [2.24, 2.45) is 5.73 Å². The average molecular weight is 626 g/mol. The molecule has 16 nitrogen and oxygen atoms in total. The van der Waals surface area contributed by atoms with Crippen LogP contribution in [-0.4, -0.2) is 106 Å². The van der Waals surface area contributed by atoms with Crippen molar-refractivity contribution >= 4 is 41.8 Å². The molecule has 0 amide bonds. The van der Waals surface area contributed by atoms with Crippen LogP contribution < -0.4 is 5.73 Å². The molecular formula is C28H35NO15. The summed E-state index contributed by atoms with van der Waals surface area (Å²) in [6.45, 7) is -0.560. The fraction of sp³-hybridized carbons (Fsp3) is 0.321.